The van der Waals surface area contributed by atoms with E-state index in [1.807, 2.05) is 28.6 Å². The third-order valence-electron chi connectivity index (χ3n) is 8.50. The smallest absolute Gasteiger partial charge is 0.223 e. The molecule has 4 rings (SSSR count). The van der Waals surface area contributed by atoms with Gasteiger partial charge in [0.1, 0.15) is 0 Å². The number of carbonyl (C=O) groups excluding carboxylic acids is 1. The number of amides is 1. The minimum Gasteiger partial charge on any atom is -0.380 e. The molecule has 192 valence electrons. The van der Waals surface area contributed by atoms with E-state index in [2.05, 4.69) is 10.6 Å². The number of nitrogens with one attached hydrogen (secondary N) is 3. The number of ether oxygens (including phenoxy) is 1. The molecular formula is C25H41Cl2N5O2. The summed E-state index contributed by atoms with van der Waals surface area (Å²) in [6.07, 6.45) is 10.9. The van der Waals surface area contributed by atoms with E-state index < -0.39 is 0 Å². The number of hydrogen-bond donors (Lipinski definition) is 3. The number of methoxy groups -OCH3 is 1. The second-order valence-electron chi connectivity index (χ2n) is 10.8. The minimum atomic E-state index is -0.00591. The summed E-state index contributed by atoms with van der Waals surface area (Å²) in [6, 6.07) is 0. The Morgan fingerprint density at radius 1 is 1.15 bits per heavy atom. The Kier molecular flexibility index (Phi) is 9.05. The second kappa shape index (κ2) is 11.8. The predicted octanol–water partition coefficient (Wildman–Crippen LogP) is 3.09. The highest BCUT2D eigenvalue weighted by Crippen LogP contribution is 2.41. The Hall–Kier alpha value is -1.02. The first-order valence-corrected chi connectivity index (χ1v) is 13.8. The lowest BCUT2D eigenvalue weighted by atomic mass is 9.67. The first-order valence-electron chi connectivity index (χ1n) is 12.9. The predicted molar refractivity (Wildman–Crippen MR) is 135 cm³/mol. The summed E-state index contributed by atoms with van der Waals surface area (Å²) in [4.78, 5) is 13.4. The molecule has 1 amide bonds. The Balaban J connectivity index is 1.43. The molecule has 2 aliphatic carbocycles. The lowest BCUT2D eigenvalue weighted by Gasteiger charge is -2.43. The number of rotatable bonds is 7. The van der Waals surface area contributed by atoms with Gasteiger partial charge in [0, 0.05) is 57.5 Å². The van der Waals surface area contributed by atoms with Gasteiger partial charge in [0.05, 0.1) is 11.5 Å². The molecule has 1 saturated heterocycles. The second-order valence-corrected chi connectivity index (χ2v) is 11.9. The summed E-state index contributed by atoms with van der Waals surface area (Å²) >= 11 is 12.7. The monoisotopic (exact) mass is 513 g/mol. The maximum atomic E-state index is 13.4. The minimum absolute atomic E-state index is 0.00537. The molecule has 7 nitrogen and oxygen atoms in total. The van der Waals surface area contributed by atoms with Crippen LogP contribution in [0.4, 0.5) is 0 Å². The van der Waals surface area contributed by atoms with Gasteiger partial charge in [-0.15, -0.1) is 23.2 Å². The summed E-state index contributed by atoms with van der Waals surface area (Å²) in [5.41, 5.74) is 0.505. The van der Waals surface area contributed by atoms with Crippen LogP contribution in [0.15, 0.2) is 12.4 Å². The fourth-order valence-electron chi connectivity index (χ4n) is 6.53. The molecule has 0 bridgehead atoms. The van der Waals surface area contributed by atoms with E-state index in [9.17, 15) is 4.79 Å². The van der Waals surface area contributed by atoms with Crippen molar-refractivity contribution in [3.05, 3.63) is 18.0 Å². The van der Waals surface area contributed by atoms with Crippen LogP contribution in [0.5, 0.6) is 0 Å². The summed E-state index contributed by atoms with van der Waals surface area (Å²) < 4.78 is 9.70. The number of aromatic nitrogens is 2. The van der Waals surface area contributed by atoms with Crippen molar-refractivity contribution < 1.29 is 9.53 Å². The lowest BCUT2D eigenvalue weighted by molar-refractivity contribution is -0.128. The van der Waals surface area contributed by atoms with Crippen molar-refractivity contribution in [2.24, 2.45) is 36.6 Å². The van der Waals surface area contributed by atoms with Crippen LogP contribution in [0.1, 0.15) is 44.9 Å². The highest BCUT2D eigenvalue weighted by atomic mass is 35.5. The fourth-order valence-corrected chi connectivity index (χ4v) is 7.14. The van der Waals surface area contributed by atoms with Crippen LogP contribution in [0, 0.1) is 35.0 Å². The average molecular weight is 515 g/mol. The number of nitrogens with zero attached hydrogens (tertiary/aromatic N) is 2. The highest BCUT2D eigenvalue weighted by Gasteiger charge is 2.40. The van der Waals surface area contributed by atoms with Gasteiger partial charge < -0.3 is 24.5 Å². The Morgan fingerprint density at radius 2 is 1.97 bits per heavy atom. The molecule has 0 radical (unpaired) electrons. The number of hydrogen-bond acceptors (Lipinski definition) is 4. The van der Waals surface area contributed by atoms with Crippen LogP contribution in [0.25, 0.3) is 0 Å². The molecule has 9 heteroatoms. The fraction of sp³-hybridized carbons (Fsp3) is 0.840. The SMILES string of the molecule is COC1CNCCC1C1CC(Cn2ccn(C)c2=N)CC(C(=O)NCC2CCC(Cl)C(Cl)C2)C1. The molecule has 3 aliphatic rings. The van der Waals surface area contributed by atoms with Crippen molar-refractivity contribution in [1.82, 2.24) is 19.8 Å². The van der Waals surface area contributed by atoms with E-state index in [4.69, 9.17) is 33.3 Å². The molecule has 0 aromatic carbocycles. The number of alkyl halides is 2. The van der Waals surface area contributed by atoms with Gasteiger partial charge in [-0.2, -0.15) is 0 Å². The van der Waals surface area contributed by atoms with Gasteiger partial charge in [-0.3, -0.25) is 10.2 Å². The zero-order valence-electron chi connectivity index (χ0n) is 20.5. The summed E-state index contributed by atoms with van der Waals surface area (Å²) in [6.45, 7) is 3.37. The van der Waals surface area contributed by atoms with Crippen LogP contribution in [-0.2, 0) is 23.1 Å². The quantitative estimate of drug-likeness (QED) is 0.489. The Morgan fingerprint density at radius 3 is 2.68 bits per heavy atom. The van der Waals surface area contributed by atoms with Crippen molar-refractivity contribution >= 4 is 29.1 Å². The van der Waals surface area contributed by atoms with Crippen LogP contribution < -0.4 is 16.3 Å². The van der Waals surface area contributed by atoms with Crippen molar-refractivity contribution in [2.45, 2.75) is 68.3 Å². The zero-order chi connectivity index (χ0) is 24.2. The van der Waals surface area contributed by atoms with Gasteiger partial charge in [0.2, 0.25) is 11.5 Å². The Labute approximate surface area is 213 Å². The van der Waals surface area contributed by atoms with E-state index in [0.29, 0.717) is 35.8 Å². The maximum absolute atomic E-state index is 13.4. The van der Waals surface area contributed by atoms with Crippen molar-refractivity contribution in [1.29, 1.82) is 5.41 Å². The summed E-state index contributed by atoms with van der Waals surface area (Å²) in [5.74, 6) is 1.89. The molecule has 3 fully saturated rings. The highest BCUT2D eigenvalue weighted by molar-refractivity contribution is 6.30. The van der Waals surface area contributed by atoms with Gasteiger partial charge >= 0.3 is 0 Å². The van der Waals surface area contributed by atoms with Crippen LogP contribution >= 0.6 is 23.2 Å². The molecule has 1 aliphatic heterocycles. The van der Waals surface area contributed by atoms with Gasteiger partial charge in [0.15, 0.2) is 0 Å². The van der Waals surface area contributed by atoms with Crippen LogP contribution in [0.3, 0.4) is 0 Å². The number of halogens is 2. The largest absolute Gasteiger partial charge is 0.380 e. The molecule has 1 aromatic rings. The average Bonchev–Trinajstić information content (AvgIpc) is 3.16. The van der Waals surface area contributed by atoms with Crippen molar-refractivity contribution in [2.75, 3.05) is 26.7 Å². The zero-order valence-corrected chi connectivity index (χ0v) is 22.0. The molecule has 1 aromatic heterocycles. The van der Waals surface area contributed by atoms with Gasteiger partial charge in [-0.25, -0.2) is 0 Å². The third kappa shape index (κ3) is 6.21. The van der Waals surface area contributed by atoms with E-state index in [0.717, 1.165) is 64.6 Å². The number of carbonyl (C=O) groups is 1. The molecule has 8 atom stereocenters. The molecule has 34 heavy (non-hydrogen) atoms. The standard InChI is InChI=1S/C25H41Cl2N5O2/c1-31-7-8-32(25(31)28)15-17-9-18(20-5-6-29-14-23(20)34-2)12-19(10-17)24(33)30-13-16-3-4-21(26)22(27)11-16/h7-8,16-23,28-29H,3-6,9-15H2,1-2H3,(H,30,33). The van der Waals surface area contributed by atoms with Crippen LogP contribution in [-0.4, -0.2) is 58.6 Å². The van der Waals surface area contributed by atoms with Gasteiger partial charge in [-0.1, -0.05) is 0 Å². The molecule has 0 spiro atoms. The van der Waals surface area contributed by atoms with Crippen molar-refractivity contribution in [3.63, 3.8) is 0 Å². The maximum Gasteiger partial charge on any atom is 0.223 e. The number of imidazole rings is 1. The molecule has 2 saturated carbocycles. The normalized spacial score (nSPS) is 36.8. The lowest BCUT2D eigenvalue weighted by Crippen LogP contribution is -2.48. The van der Waals surface area contributed by atoms with E-state index in [1.54, 1.807) is 7.11 Å². The first kappa shape index (κ1) is 26.1. The number of piperidine rings is 1. The topological polar surface area (TPSA) is 84.1 Å². The van der Waals surface area contributed by atoms with E-state index in [1.165, 1.54) is 0 Å². The molecule has 3 N–H and O–H groups in total. The van der Waals surface area contributed by atoms with E-state index >= 15 is 0 Å². The van der Waals surface area contributed by atoms with Gasteiger partial charge in [0.25, 0.3) is 0 Å². The molecular weight excluding hydrogens is 473 g/mol. The first-order chi connectivity index (χ1) is 16.4. The third-order valence-corrected chi connectivity index (χ3v) is 9.63. The molecule has 8 unspecified atom stereocenters. The summed E-state index contributed by atoms with van der Waals surface area (Å²) in [5, 5.41) is 15.1. The Bertz CT molecular complexity index is 874. The molecule has 2 heterocycles. The van der Waals surface area contributed by atoms with E-state index in [-0.39, 0.29) is 28.7 Å². The van der Waals surface area contributed by atoms with Crippen LogP contribution in [0.2, 0.25) is 0 Å². The van der Waals surface area contributed by atoms with Crippen molar-refractivity contribution in [3.8, 4) is 0 Å². The van der Waals surface area contributed by atoms with Gasteiger partial charge in [-0.05, 0) is 75.2 Å². The summed E-state index contributed by atoms with van der Waals surface area (Å²) in [7, 11) is 3.71. The number of aryl methyl sites for hydroxylation is 1.